The number of likely N-dealkylation sites (tertiary alicyclic amines) is 1. The number of piperidine rings is 1. The lowest BCUT2D eigenvalue weighted by atomic mass is 9.88. The summed E-state index contributed by atoms with van der Waals surface area (Å²) in [7, 11) is 2.03. The van der Waals surface area contributed by atoms with E-state index in [-0.39, 0.29) is 12.0 Å². The van der Waals surface area contributed by atoms with E-state index in [4.69, 9.17) is 10.00 Å². The predicted octanol–water partition coefficient (Wildman–Crippen LogP) is 5.73. The molecule has 182 valence electrons. The Bertz CT molecular complexity index is 1320. The van der Waals surface area contributed by atoms with E-state index in [2.05, 4.69) is 22.1 Å². The topological polar surface area (TPSA) is 87.4 Å². The van der Waals surface area contributed by atoms with E-state index in [0.717, 1.165) is 35.0 Å². The number of anilines is 1. The molecule has 7 nitrogen and oxygen atoms in total. The first-order chi connectivity index (χ1) is 16.6. The zero-order valence-electron chi connectivity index (χ0n) is 21.0. The van der Waals surface area contributed by atoms with Crippen LogP contribution in [0.25, 0.3) is 10.9 Å². The van der Waals surface area contributed by atoms with Gasteiger partial charge in [-0.1, -0.05) is 6.07 Å². The van der Waals surface area contributed by atoms with Crippen LogP contribution >= 0.6 is 0 Å². The molecule has 1 saturated heterocycles. The van der Waals surface area contributed by atoms with Crippen molar-refractivity contribution in [1.29, 1.82) is 5.26 Å². The van der Waals surface area contributed by atoms with Gasteiger partial charge in [-0.3, -0.25) is 4.79 Å². The number of ether oxygens (including phenoxy) is 1. The maximum Gasteiger partial charge on any atom is 0.410 e. The maximum atomic E-state index is 12.9. The number of aromatic nitrogens is 1. The zero-order valence-corrected chi connectivity index (χ0v) is 21.0. The van der Waals surface area contributed by atoms with Crippen LogP contribution in [0.5, 0.6) is 0 Å². The van der Waals surface area contributed by atoms with Crippen molar-refractivity contribution < 1.29 is 14.3 Å². The molecule has 0 radical (unpaired) electrons. The van der Waals surface area contributed by atoms with Crippen LogP contribution < -0.4 is 5.32 Å². The molecular formula is C28H32N4O3. The van der Waals surface area contributed by atoms with Crippen molar-refractivity contribution in [3.63, 3.8) is 0 Å². The average Bonchev–Trinajstić information content (AvgIpc) is 3.17. The molecule has 2 heterocycles. The van der Waals surface area contributed by atoms with E-state index in [0.29, 0.717) is 30.1 Å². The zero-order chi connectivity index (χ0) is 25.3. The standard InChI is InChI=1S/C28H32N4O3/c1-18-23(30-26(33)21-8-6-7-19(15-21)16-29)9-10-24-25(18)22(17-31(24)5)20-11-13-32(14-12-20)27(34)35-28(2,3)4/h6-10,15,17,20H,11-14H2,1-5H3,(H,30,33). The molecule has 1 aliphatic heterocycles. The Labute approximate surface area is 206 Å². The Balaban J connectivity index is 1.57. The maximum absolute atomic E-state index is 12.9. The Morgan fingerprint density at radius 2 is 1.86 bits per heavy atom. The smallest absolute Gasteiger partial charge is 0.410 e. The van der Waals surface area contributed by atoms with E-state index in [1.54, 1.807) is 29.2 Å². The van der Waals surface area contributed by atoms with Gasteiger partial charge in [0.1, 0.15) is 5.60 Å². The van der Waals surface area contributed by atoms with Gasteiger partial charge in [-0.05, 0) is 87.9 Å². The first-order valence-electron chi connectivity index (χ1n) is 12.0. The monoisotopic (exact) mass is 472 g/mol. The largest absolute Gasteiger partial charge is 0.444 e. The summed E-state index contributed by atoms with van der Waals surface area (Å²) in [6.45, 7) is 8.98. The summed E-state index contributed by atoms with van der Waals surface area (Å²) < 4.78 is 7.67. The first-order valence-corrected chi connectivity index (χ1v) is 12.0. The van der Waals surface area contributed by atoms with Crippen LogP contribution in [0.1, 0.15) is 66.6 Å². The summed E-state index contributed by atoms with van der Waals surface area (Å²) in [5.74, 6) is 0.0713. The number of carbonyl (C=O) groups excluding carboxylic acids is 2. The number of hydrogen-bond acceptors (Lipinski definition) is 4. The van der Waals surface area contributed by atoms with Crippen molar-refractivity contribution in [2.75, 3.05) is 18.4 Å². The minimum Gasteiger partial charge on any atom is -0.444 e. The van der Waals surface area contributed by atoms with Crippen molar-refractivity contribution in [1.82, 2.24) is 9.47 Å². The molecule has 0 spiro atoms. The van der Waals surface area contributed by atoms with Crippen LogP contribution in [0.3, 0.4) is 0 Å². The molecule has 7 heteroatoms. The van der Waals surface area contributed by atoms with Gasteiger partial charge in [-0.25, -0.2) is 4.79 Å². The number of carbonyl (C=O) groups is 2. The molecule has 1 aromatic heterocycles. The van der Waals surface area contributed by atoms with E-state index >= 15 is 0 Å². The summed E-state index contributed by atoms with van der Waals surface area (Å²) in [6, 6.07) is 12.7. The van der Waals surface area contributed by atoms with E-state index in [1.807, 2.05) is 46.9 Å². The van der Waals surface area contributed by atoms with E-state index < -0.39 is 5.60 Å². The number of fused-ring (bicyclic) bond motifs is 1. The average molecular weight is 473 g/mol. The lowest BCUT2D eigenvalue weighted by molar-refractivity contribution is 0.0205. The Kier molecular flexibility index (Phi) is 6.58. The van der Waals surface area contributed by atoms with Gasteiger partial charge < -0.3 is 19.5 Å². The molecule has 4 rings (SSSR count). The van der Waals surface area contributed by atoms with Gasteiger partial charge in [-0.2, -0.15) is 5.26 Å². The molecule has 0 saturated carbocycles. The highest BCUT2D eigenvalue weighted by Crippen LogP contribution is 2.38. The van der Waals surface area contributed by atoms with Crippen LogP contribution in [0.4, 0.5) is 10.5 Å². The third-order valence-corrected chi connectivity index (χ3v) is 6.53. The normalized spacial score (nSPS) is 14.6. The van der Waals surface area contributed by atoms with Crippen molar-refractivity contribution in [2.24, 2.45) is 7.05 Å². The van der Waals surface area contributed by atoms with Crippen LogP contribution in [0.2, 0.25) is 0 Å². The van der Waals surface area contributed by atoms with Crippen molar-refractivity contribution in [2.45, 2.75) is 52.1 Å². The Morgan fingerprint density at radius 3 is 2.51 bits per heavy atom. The lowest BCUT2D eigenvalue weighted by Gasteiger charge is -2.33. The summed E-state index contributed by atoms with van der Waals surface area (Å²) in [4.78, 5) is 27.2. The molecule has 0 aliphatic carbocycles. The number of nitrogens with one attached hydrogen (secondary N) is 1. The number of aryl methyl sites for hydroxylation is 2. The first kappa shape index (κ1) is 24.3. The van der Waals surface area contributed by atoms with Crippen LogP contribution in [0.15, 0.2) is 42.6 Å². The molecule has 35 heavy (non-hydrogen) atoms. The highest BCUT2D eigenvalue weighted by atomic mass is 16.6. The summed E-state index contributed by atoms with van der Waals surface area (Å²) in [5.41, 5.74) is 4.51. The molecule has 3 aromatic rings. The minimum absolute atomic E-state index is 0.243. The number of nitriles is 1. The SMILES string of the molecule is Cc1c(NC(=O)c2cccc(C#N)c2)ccc2c1c(C1CCN(C(=O)OC(C)(C)C)CC1)cn2C. The van der Waals surface area contributed by atoms with Crippen LogP contribution in [0, 0.1) is 18.3 Å². The van der Waals surface area contributed by atoms with Crippen LogP contribution in [-0.4, -0.2) is 40.2 Å². The molecule has 0 atom stereocenters. The van der Waals surface area contributed by atoms with Gasteiger partial charge >= 0.3 is 6.09 Å². The summed E-state index contributed by atoms with van der Waals surface area (Å²) in [5, 5.41) is 13.3. The highest BCUT2D eigenvalue weighted by Gasteiger charge is 2.29. The second kappa shape index (κ2) is 9.46. The minimum atomic E-state index is -0.503. The fourth-order valence-corrected chi connectivity index (χ4v) is 4.77. The number of amides is 2. The van der Waals surface area contributed by atoms with Gasteiger partial charge in [0.2, 0.25) is 0 Å². The molecule has 1 aliphatic rings. The Hall–Kier alpha value is -3.79. The highest BCUT2D eigenvalue weighted by molar-refractivity contribution is 6.06. The molecule has 0 bridgehead atoms. The fourth-order valence-electron chi connectivity index (χ4n) is 4.77. The van der Waals surface area contributed by atoms with Crippen molar-refractivity contribution in [3.8, 4) is 6.07 Å². The number of nitrogens with zero attached hydrogens (tertiary/aromatic N) is 3. The quantitative estimate of drug-likeness (QED) is 0.528. The van der Waals surface area contributed by atoms with Gasteiger partial charge in [0, 0.05) is 48.5 Å². The van der Waals surface area contributed by atoms with Gasteiger partial charge in [0.05, 0.1) is 11.6 Å². The third-order valence-electron chi connectivity index (χ3n) is 6.53. The number of rotatable bonds is 3. The molecule has 1 N–H and O–H groups in total. The van der Waals surface area contributed by atoms with Crippen molar-refractivity contribution in [3.05, 3.63) is 64.8 Å². The second-order valence-corrected chi connectivity index (χ2v) is 10.2. The predicted molar refractivity (Wildman–Crippen MR) is 137 cm³/mol. The Morgan fingerprint density at radius 1 is 1.14 bits per heavy atom. The second-order valence-electron chi connectivity index (χ2n) is 10.2. The van der Waals surface area contributed by atoms with E-state index in [1.165, 1.54) is 5.56 Å². The molecule has 2 amide bonds. The van der Waals surface area contributed by atoms with Crippen molar-refractivity contribution >= 4 is 28.6 Å². The molecule has 2 aromatic carbocycles. The molecular weight excluding hydrogens is 440 g/mol. The van der Waals surface area contributed by atoms with E-state index in [9.17, 15) is 9.59 Å². The van der Waals surface area contributed by atoms with Gasteiger partial charge in [0.15, 0.2) is 0 Å². The summed E-state index contributed by atoms with van der Waals surface area (Å²) in [6.07, 6.45) is 3.63. The van der Waals surface area contributed by atoms with Gasteiger partial charge in [0.25, 0.3) is 5.91 Å². The van der Waals surface area contributed by atoms with Gasteiger partial charge in [-0.15, -0.1) is 0 Å². The third kappa shape index (κ3) is 5.17. The molecule has 0 unspecified atom stereocenters. The van der Waals surface area contributed by atoms with Crippen LogP contribution in [-0.2, 0) is 11.8 Å². The lowest BCUT2D eigenvalue weighted by Crippen LogP contribution is -2.41. The number of benzene rings is 2. The summed E-state index contributed by atoms with van der Waals surface area (Å²) >= 11 is 0. The molecule has 1 fully saturated rings. The number of hydrogen-bond donors (Lipinski definition) is 1. The fraction of sp³-hybridized carbons (Fsp3) is 0.393.